The number of ether oxygens (including phenoxy) is 2. The summed E-state index contributed by atoms with van der Waals surface area (Å²) >= 11 is 1.63. The van der Waals surface area contributed by atoms with Crippen LogP contribution in [0.15, 0.2) is 78.2 Å². The fourth-order valence-electron chi connectivity index (χ4n) is 3.26. The van der Waals surface area contributed by atoms with Gasteiger partial charge >= 0.3 is 0 Å². The van der Waals surface area contributed by atoms with Gasteiger partial charge in [-0.1, -0.05) is 30.3 Å². The van der Waals surface area contributed by atoms with Crippen molar-refractivity contribution in [3.05, 3.63) is 94.9 Å². The lowest BCUT2D eigenvalue weighted by Gasteiger charge is -2.20. The first-order chi connectivity index (χ1) is 14.2. The summed E-state index contributed by atoms with van der Waals surface area (Å²) in [5, 5.41) is 6.36. The Labute approximate surface area is 173 Å². The summed E-state index contributed by atoms with van der Waals surface area (Å²) in [6, 6.07) is 23.0. The molecule has 0 bridgehead atoms. The third-order valence-corrected chi connectivity index (χ3v) is 5.77. The fourth-order valence-corrected chi connectivity index (χ4v) is 4.09. The number of thiophene rings is 1. The first-order valence-corrected chi connectivity index (χ1v) is 10.1. The maximum Gasteiger partial charge on any atom is 0.252 e. The van der Waals surface area contributed by atoms with Gasteiger partial charge in [-0.3, -0.25) is 4.79 Å². The molecule has 0 fully saturated rings. The number of amides is 1. The molecule has 1 aromatic heterocycles. The number of methoxy groups -OCH3 is 2. The van der Waals surface area contributed by atoms with E-state index in [9.17, 15) is 4.79 Å². The molecule has 4 aromatic rings. The summed E-state index contributed by atoms with van der Waals surface area (Å²) in [4.78, 5) is 13.1. The SMILES string of the molecule is COc1ccc(C(NC(=O)c2ccc3ccsc3c2)c2ccc(OC)cc2)cc1. The molecule has 4 nitrogen and oxygen atoms in total. The van der Waals surface area contributed by atoms with Crippen LogP contribution in [-0.4, -0.2) is 20.1 Å². The van der Waals surface area contributed by atoms with Crippen molar-refractivity contribution in [2.24, 2.45) is 0 Å². The zero-order chi connectivity index (χ0) is 20.2. The van der Waals surface area contributed by atoms with E-state index in [-0.39, 0.29) is 11.9 Å². The molecule has 1 heterocycles. The van der Waals surface area contributed by atoms with Gasteiger partial charge in [-0.15, -0.1) is 11.3 Å². The average molecular weight is 404 g/mol. The van der Waals surface area contributed by atoms with Crippen LogP contribution in [0.3, 0.4) is 0 Å². The highest BCUT2D eigenvalue weighted by Gasteiger charge is 2.18. The van der Waals surface area contributed by atoms with Gasteiger partial charge < -0.3 is 14.8 Å². The predicted molar refractivity (Wildman–Crippen MR) is 117 cm³/mol. The average Bonchev–Trinajstić information content (AvgIpc) is 3.25. The molecule has 29 heavy (non-hydrogen) atoms. The molecule has 0 aliphatic heterocycles. The molecule has 0 radical (unpaired) electrons. The minimum atomic E-state index is -0.293. The Hall–Kier alpha value is -3.31. The van der Waals surface area contributed by atoms with Gasteiger partial charge in [0.1, 0.15) is 11.5 Å². The van der Waals surface area contributed by atoms with Gasteiger partial charge in [0.25, 0.3) is 5.91 Å². The number of carbonyl (C=O) groups excluding carboxylic acids is 1. The van der Waals surface area contributed by atoms with Crippen LogP contribution in [-0.2, 0) is 0 Å². The van der Waals surface area contributed by atoms with Gasteiger partial charge in [0, 0.05) is 10.3 Å². The molecule has 0 spiro atoms. The monoisotopic (exact) mass is 403 g/mol. The van der Waals surface area contributed by atoms with Crippen LogP contribution in [0.1, 0.15) is 27.5 Å². The first-order valence-electron chi connectivity index (χ1n) is 9.24. The molecule has 4 rings (SSSR count). The summed E-state index contributed by atoms with van der Waals surface area (Å²) in [6.07, 6.45) is 0. The van der Waals surface area contributed by atoms with Gasteiger partial charge in [0.15, 0.2) is 0 Å². The predicted octanol–water partition coefficient (Wildman–Crippen LogP) is 5.44. The van der Waals surface area contributed by atoms with Crippen molar-refractivity contribution in [1.82, 2.24) is 5.32 Å². The highest BCUT2D eigenvalue weighted by molar-refractivity contribution is 7.17. The Bertz CT molecular complexity index is 1070. The number of benzene rings is 3. The van der Waals surface area contributed by atoms with Crippen LogP contribution in [0.25, 0.3) is 10.1 Å². The Balaban J connectivity index is 1.67. The zero-order valence-corrected chi connectivity index (χ0v) is 17.0. The second-order valence-corrected chi connectivity index (χ2v) is 7.57. The van der Waals surface area contributed by atoms with E-state index in [4.69, 9.17) is 9.47 Å². The van der Waals surface area contributed by atoms with Gasteiger partial charge in [0.2, 0.25) is 0 Å². The van der Waals surface area contributed by atoms with E-state index < -0.39 is 0 Å². The van der Waals surface area contributed by atoms with Crippen LogP contribution in [0, 0.1) is 0 Å². The minimum Gasteiger partial charge on any atom is -0.497 e. The Morgan fingerprint density at radius 2 is 1.41 bits per heavy atom. The number of nitrogens with one attached hydrogen (secondary N) is 1. The van der Waals surface area contributed by atoms with Gasteiger partial charge in [0.05, 0.1) is 20.3 Å². The lowest BCUT2D eigenvalue weighted by molar-refractivity contribution is 0.0943. The lowest BCUT2D eigenvalue weighted by atomic mass is 9.98. The van der Waals surface area contributed by atoms with Crippen LogP contribution in [0.5, 0.6) is 11.5 Å². The molecule has 1 N–H and O–H groups in total. The zero-order valence-electron chi connectivity index (χ0n) is 16.2. The molecular formula is C24H21NO3S. The van der Waals surface area contributed by atoms with Crippen molar-refractivity contribution in [2.75, 3.05) is 14.2 Å². The molecule has 0 atom stereocenters. The normalized spacial score (nSPS) is 10.9. The number of hydrogen-bond donors (Lipinski definition) is 1. The quantitative estimate of drug-likeness (QED) is 0.466. The standard InChI is InChI=1S/C24H21NO3S/c1-27-20-9-5-17(6-10-20)23(18-7-11-21(28-2)12-8-18)25-24(26)19-4-3-16-13-14-29-22(16)15-19/h3-15,23H,1-2H3,(H,25,26). The highest BCUT2D eigenvalue weighted by Crippen LogP contribution is 2.27. The van der Waals surface area contributed by atoms with E-state index in [2.05, 4.69) is 11.4 Å². The first kappa shape index (κ1) is 19.0. The van der Waals surface area contributed by atoms with Crippen LogP contribution in [0.2, 0.25) is 0 Å². The molecule has 1 amide bonds. The largest absolute Gasteiger partial charge is 0.497 e. The Kier molecular flexibility index (Phi) is 5.49. The van der Waals surface area contributed by atoms with Gasteiger partial charge in [-0.05, 0) is 64.4 Å². The van der Waals surface area contributed by atoms with Crippen molar-refractivity contribution in [3.63, 3.8) is 0 Å². The smallest absolute Gasteiger partial charge is 0.252 e. The summed E-state index contributed by atoms with van der Waals surface area (Å²) in [5.74, 6) is 1.44. The van der Waals surface area contributed by atoms with Crippen molar-refractivity contribution in [2.45, 2.75) is 6.04 Å². The van der Waals surface area contributed by atoms with Crippen molar-refractivity contribution in [1.29, 1.82) is 0 Å². The van der Waals surface area contributed by atoms with Crippen molar-refractivity contribution >= 4 is 27.3 Å². The van der Waals surface area contributed by atoms with E-state index in [1.807, 2.05) is 72.1 Å². The number of hydrogen-bond acceptors (Lipinski definition) is 4. The molecule has 0 aliphatic carbocycles. The molecule has 0 aliphatic rings. The number of rotatable bonds is 6. The van der Waals surface area contributed by atoms with Crippen LogP contribution in [0.4, 0.5) is 0 Å². The molecule has 146 valence electrons. The second kappa shape index (κ2) is 8.37. The summed E-state index contributed by atoms with van der Waals surface area (Å²) in [5.41, 5.74) is 2.59. The van der Waals surface area contributed by atoms with Gasteiger partial charge in [-0.25, -0.2) is 0 Å². The second-order valence-electron chi connectivity index (χ2n) is 6.63. The molecule has 3 aromatic carbocycles. The fraction of sp³-hybridized carbons (Fsp3) is 0.125. The van der Waals surface area contributed by atoms with E-state index in [1.54, 1.807) is 25.6 Å². The maximum absolute atomic E-state index is 13.1. The molecule has 0 saturated carbocycles. The van der Waals surface area contributed by atoms with Crippen molar-refractivity contribution < 1.29 is 14.3 Å². The highest BCUT2D eigenvalue weighted by atomic mass is 32.1. The molecule has 0 unspecified atom stereocenters. The topological polar surface area (TPSA) is 47.6 Å². The van der Waals surface area contributed by atoms with E-state index in [1.165, 1.54) is 0 Å². The van der Waals surface area contributed by atoms with E-state index in [0.717, 1.165) is 32.7 Å². The third kappa shape index (κ3) is 4.10. The number of fused-ring (bicyclic) bond motifs is 1. The molecule has 5 heteroatoms. The molecular weight excluding hydrogens is 382 g/mol. The van der Waals surface area contributed by atoms with E-state index >= 15 is 0 Å². The number of carbonyl (C=O) groups is 1. The van der Waals surface area contributed by atoms with Crippen LogP contribution >= 0.6 is 11.3 Å². The molecule has 0 saturated heterocycles. The lowest BCUT2D eigenvalue weighted by Crippen LogP contribution is -2.29. The summed E-state index contributed by atoms with van der Waals surface area (Å²) in [7, 11) is 3.27. The van der Waals surface area contributed by atoms with Gasteiger partial charge in [-0.2, -0.15) is 0 Å². The Morgan fingerprint density at radius 1 is 0.828 bits per heavy atom. The Morgan fingerprint density at radius 3 is 1.97 bits per heavy atom. The third-order valence-electron chi connectivity index (χ3n) is 4.89. The summed E-state index contributed by atoms with van der Waals surface area (Å²) in [6.45, 7) is 0. The minimum absolute atomic E-state index is 0.114. The van der Waals surface area contributed by atoms with Crippen molar-refractivity contribution in [3.8, 4) is 11.5 Å². The van der Waals surface area contributed by atoms with E-state index in [0.29, 0.717) is 5.56 Å². The maximum atomic E-state index is 13.1. The van der Waals surface area contributed by atoms with Crippen LogP contribution < -0.4 is 14.8 Å². The summed E-state index contributed by atoms with van der Waals surface area (Å²) < 4.78 is 11.6.